The normalized spacial score (nSPS) is 15.2. The van der Waals surface area contributed by atoms with Crippen molar-refractivity contribution in [3.8, 4) is 11.4 Å². The van der Waals surface area contributed by atoms with Crippen LogP contribution in [0.3, 0.4) is 0 Å². The van der Waals surface area contributed by atoms with Crippen LogP contribution >= 0.6 is 0 Å². The molecule has 1 saturated carbocycles. The average Bonchev–Trinajstić information content (AvgIpc) is 3.11. The largest absolute Gasteiger partial charge is 0.399 e. The molecule has 0 radical (unpaired) electrons. The number of nitrogens with zero attached hydrogens (tertiary/aromatic N) is 2. The molecule has 0 spiro atoms. The fraction of sp³-hybridized carbons (Fsp3) is 0.375. The Labute approximate surface area is 124 Å². The number of carbonyl (C=O) groups excluding carboxylic acids is 1. The van der Waals surface area contributed by atoms with Gasteiger partial charge in [-0.05, 0) is 37.1 Å². The van der Waals surface area contributed by atoms with Gasteiger partial charge >= 0.3 is 0 Å². The molecule has 1 aromatic heterocycles. The Balaban J connectivity index is 1.70. The molecule has 1 aliphatic rings. The summed E-state index contributed by atoms with van der Waals surface area (Å²) in [5, 5.41) is 3.10. The predicted octanol–water partition coefficient (Wildman–Crippen LogP) is 2.19. The van der Waals surface area contributed by atoms with Crippen molar-refractivity contribution in [2.24, 2.45) is 0 Å². The van der Waals surface area contributed by atoms with Crippen molar-refractivity contribution in [3.63, 3.8) is 0 Å². The topological polar surface area (TPSA) is 72.9 Å². The zero-order valence-electron chi connectivity index (χ0n) is 12.0. The number of rotatable bonds is 4. The quantitative estimate of drug-likeness (QED) is 0.845. The van der Waals surface area contributed by atoms with E-state index in [0.717, 1.165) is 29.9 Å². The monoisotopic (exact) mass is 284 g/mol. The van der Waals surface area contributed by atoms with Crippen LogP contribution < -0.4 is 11.1 Å². The van der Waals surface area contributed by atoms with Gasteiger partial charge in [-0.3, -0.25) is 4.79 Å². The minimum absolute atomic E-state index is 0.0524. The number of amides is 1. The average molecular weight is 284 g/mol. The van der Waals surface area contributed by atoms with E-state index in [2.05, 4.69) is 10.3 Å². The van der Waals surface area contributed by atoms with E-state index in [1.54, 1.807) is 6.20 Å². The maximum atomic E-state index is 12.1. The molecule has 1 aliphatic carbocycles. The number of benzene rings is 1. The molecule has 5 heteroatoms. The molecule has 110 valence electrons. The minimum Gasteiger partial charge on any atom is -0.399 e. The van der Waals surface area contributed by atoms with E-state index in [1.807, 2.05) is 35.0 Å². The number of hydrogen-bond acceptors (Lipinski definition) is 3. The number of imidazole rings is 1. The molecule has 0 bridgehead atoms. The molecule has 1 heterocycles. The fourth-order valence-electron chi connectivity index (χ4n) is 2.83. The summed E-state index contributed by atoms with van der Waals surface area (Å²) < 4.78 is 1.87. The molecule has 1 fully saturated rings. The lowest BCUT2D eigenvalue weighted by Crippen LogP contribution is -2.35. The van der Waals surface area contributed by atoms with Crippen LogP contribution in [0.2, 0.25) is 0 Å². The van der Waals surface area contributed by atoms with E-state index in [0.29, 0.717) is 12.6 Å². The van der Waals surface area contributed by atoms with Gasteiger partial charge in [0.25, 0.3) is 0 Å². The summed E-state index contributed by atoms with van der Waals surface area (Å²) in [5.74, 6) is 0.841. The number of anilines is 1. The minimum atomic E-state index is 0.0524. The van der Waals surface area contributed by atoms with E-state index in [-0.39, 0.29) is 5.91 Å². The van der Waals surface area contributed by atoms with Gasteiger partial charge in [0.2, 0.25) is 5.91 Å². The van der Waals surface area contributed by atoms with Crippen LogP contribution in [0.25, 0.3) is 11.4 Å². The Morgan fingerprint density at radius 1 is 1.29 bits per heavy atom. The van der Waals surface area contributed by atoms with Crippen LogP contribution in [0.5, 0.6) is 0 Å². The van der Waals surface area contributed by atoms with Crippen molar-refractivity contribution in [3.05, 3.63) is 36.7 Å². The van der Waals surface area contributed by atoms with Crippen molar-refractivity contribution in [1.82, 2.24) is 14.9 Å². The predicted molar refractivity (Wildman–Crippen MR) is 82.5 cm³/mol. The molecule has 1 aromatic carbocycles. The van der Waals surface area contributed by atoms with Gasteiger partial charge in [-0.1, -0.05) is 12.8 Å². The number of carbonyl (C=O) groups is 1. The summed E-state index contributed by atoms with van der Waals surface area (Å²) in [6, 6.07) is 7.87. The second-order valence-corrected chi connectivity index (χ2v) is 5.55. The molecule has 0 aliphatic heterocycles. The molecule has 1 amide bonds. The van der Waals surface area contributed by atoms with Crippen LogP contribution in [0.15, 0.2) is 36.7 Å². The Bertz CT molecular complexity index is 611. The molecule has 2 aromatic rings. The summed E-state index contributed by atoms with van der Waals surface area (Å²) in [7, 11) is 0. The SMILES string of the molecule is Nc1ccc(-c2nccn2CC(=O)NC2CCCC2)cc1. The molecule has 3 N–H and O–H groups in total. The zero-order chi connectivity index (χ0) is 14.7. The van der Waals surface area contributed by atoms with E-state index in [1.165, 1.54) is 12.8 Å². The van der Waals surface area contributed by atoms with Gasteiger partial charge in [0, 0.05) is 29.7 Å². The Hall–Kier alpha value is -2.30. The highest BCUT2D eigenvalue weighted by molar-refractivity contribution is 5.77. The third-order valence-electron chi connectivity index (χ3n) is 3.92. The molecule has 21 heavy (non-hydrogen) atoms. The van der Waals surface area contributed by atoms with Crippen molar-refractivity contribution in [1.29, 1.82) is 0 Å². The van der Waals surface area contributed by atoms with E-state index in [9.17, 15) is 4.79 Å². The van der Waals surface area contributed by atoms with Gasteiger partial charge < -0.3 is 15.6 Å². The van der Waals surface area contributed by atoms with E-state index < -0.39 is 0 Å². The van der Waals surface area contributed by atoms with Gasteiger partial charge in [0.15, 0.2) is 0 Å². The first-order chi connectivity index (χ1) is 10.2. The molecule has 0 atom stereocenters. The first kappa shape index (κ1) is 13.7. The first-order valence-corrected chi connectivity index (χ1v) is 7.39. The molecule has 5 nitrogen and oxygen atoms in total. The summed E-state index contributed by atoms with van der Waals surface area (Å²) in [6.45, 7) is 0.302. The van der Waals surface area contributed by atoms with Crippen LogP contribution in [0, 0.1) is 0 Å². The van der Waals surface area contributed by atoms with Crippen molar-refractivity contribution < 1.29 is 4.79 Å². The van der Waals surface area contributed by atoms with Gasteiger partial charge in [0.1, 0.15) is 12.4 Å². The lowest BCUT2D eigenvalue weighted by Gasteiger charge is -2.13. The van der Waals surface area contributed by atoms with Gasteiger partial charge in [-0.15, -0.1) is 0 Å². The number of aromatic nitrogens is 2. The second-order valence-electron chi connectivity index (χ2n) is 5.55. The van der Waals surface area contributed by atoms with Crippen LogP contribution in [0.4, 0.5) is 5.69 Å². The summed E-state index contributed by atoms with van der Waals surface area (Å²) in [4.78, 5) is 16.5. The standard InChI is InChI=1S/C16H20N4O/c17-13-7-5-12(6-8-13)16-18-9-10-20(16)11-15(21)19-14-3-1-2-4-14/h5-10,14H,1-4,11,17H2,(H,19,21). The van der Waals surface area contributed by atoms with Crippen molar-refractivity contribution >= 4 is 11.6 Å². The third kappa shape index (κ3) is 3.24. The number of nitrogen functional groups attached to an aromatic ring is 1. The van der Waals surface area contributed by atoms with E-state index in [4.69, 9.17) is 5.73 Å². The molecule has 0 saturated heterocycles. The second kappa shape index (κ2) is 5.99. The Kier molecular flexibility index (Phi) is 3.90. The summed E-state index contributed by atoms with van der Waals surface area (Å²) in [5.41, 5.74) is 7.38. The summed E-state index contributed by atoms with van der Waals surface area (Å²) in [6.07, 6.45) is 8.18. The molecule has 0 unspecified atom stereocenters. The number of nitrogens with two attached hydrogens (primary N) is 1. The third-order valence-corrected chi connectivity index (χ3v) is 3.92. The molecular formula is C16H20N4O. The van der Waals surface area contributed by atoms with E-state index >= 15 is 0 Å². The van der Waals surface area contributed by atoms with Gasteiger partial charge in [-0.25, -0.2) is 4.98 Å². The van der Waals surface area contributed by atoms with Crippen LogP contribution in [-0.2, 0) is 11.3 Å². The lowest BCUT2D eigenvalue weighted by atomic mass is 10.2. The van der Waals surface area contributed by atoms with Gasteiger partial charge in [-0.2, -0.15) is 0 Å². The highest BCUT2D eigenvalue weighted by Crippen LogP contribution is 2.20. The van der Waals surface area contributed by atoms with Gasteiger partial charge in [0.05, 0.1) is 0 Å². The van der Waals surface area contributed by atoms with Crippen molar-refractivity contribution in [2.45, 2.75) is 38.3 Å². The lowest BCUT2D eigenvalue weighted by molar-refractivity contribution is -0.122. The highest BCUT2D eigenvalue weighted by Gasteiger charge is 2.17. The maximum absolute atomic E-state index is 12.1. The smallest absolute Gasteiger partial charge is 0.240 e. The zero-order valence-corrected chi connectivity index (χ0v) is 12.0. The van der Waals surface area contributed by atoms with Crippen LogP contribution in [0.1, 0.15) is 25.7 Å². The first-order valence-electron chi connectivity index (χ1n) is 7.39. The molecule has 3 rings (SSSR count). The summed E-state index contributed by atoms with van der Waals surface area (Å²) >= 11 is 0. The highest BCUT2D eigenvalue weighted by atomic mass is 16.2. The van der Waals surface area contributed by atoms with Crippen LogP contribution in [-0.4, -0.2) is 21.5 Å². The number of nitrogens with one attached hydrogen (secondary N) is 1. The Morgan fingerprint density at radius 3 is 2.71 bits per heavy atom. The maximum Gasteiger partial charge on any atom is 0.240 e. The number of hydrogen-bond donors (Lipinski definition) is 2. The Morgan fingerprint density at radius 2 is 2.00 bits per heavy atom. The van der Waals surface area contributed by atoms with Crippen molar-refractivity contribution in [2.75, 3.05) is 5.73 Å². The molecular weight excluding hydrogens is 264 g/mol. The fourth-order valence-corrected chi connectivity index (χ4v) is 2.83.